The average molecular weight is 438 g/mol. The third kappa shape index (κ3) is 4.94. The molecule has 2 N–H and O–H groups in total. The van der Waals surface area contributed by atoms with Crippen molar-refractivity contribution in [2.45, 2.75) is 32.6 Å². The number of rotatable bonds is 7. The highest BCUT2D eigenvalue weighted by Gasteiger charge is 2.31. The Morgan fingerprint density at radius 1 is 1.13 bits per heavy atom. The van der Waals surface area contributed by atoms with Gasteiger partial charge in [0.05, 0.1) is 16.3 Å². The summed E-state index contributed by atoms with van der Waals surface area (Å²) in [5.74, 6) is 0.892. The summed E-state index contributed by atoms with van der Waals surface area (Å²) >= 11 is 6.28. The van der Waals surface area contributed by atoms with E-state index < -0.39 is 5.91 Å². The van der Waals surface area contributed by atoms with Crippen LogP contribution in [0, 0.1) is 5.92 Å². The first-order valence-corrected chi connectivity index (χ1v) is 10.7. The molecule has 2 aromatic carbocycles. The van der Waals surface area contributed by atoms with Gasteiger partial charge in [0, 0.05) is 18.2 Å². The molecule has 7 nitrogen and oxygen atoms in total. The molecule has 0 radical (unpaired) electrons. The second kappa shape index (κ2) is 8.89. The Morgan fingerprint density at radius 2 is 1.87 bits per heavy atom. The SMILES string of the molecule is CC(C)CNC(=O)c1ccc(NC(=O)c2nc(C3CC3)n(-c3ccccc3)n2)cc1Cl. The molecule has 8 heteroatoms. The number of aromatic nitrogens is 3. The highest BCUT2D eigenvalue weighted by Crippen LogP contribution is 2.39. The summed E-state index contributed by atoms with van der Waals surface area (Å²) in [5.41, 5.74) is 1.71. The van der Waals surface area contributed by atoms with Gasteiger partial charge in [-0.2, -0.15) is 0 Å². The lowest BCUT2D eigenvalue weighted by Gasteiger charge is -2.10. The summed E-state index contributed by atoms with van der Waals surface area (Å²) in [6.45, 7) is 4.59. The molecule has 0 unspecified atom stereocenters. The minimum Gasteiger partial charge on any atom is -0.352 e. The summed E-state index contributed by atoms with van der Waals surface area (Å²) in [5, 5.41) is 10.3. The molecule has 1 heterocycles. The second-order valence-corrected chi connectivity index (χ2v) is 8.48. The summed E-state index contributed by atoms with van der Waals surface area (Å²) in [6.07, 6.45) is 2.09. The maximum Gasteiger partial charge on any atom is 0.295 e. The molecule has 160 valence electrons. The van der Waals surface area contributed by atoms with Crippen LogP contribution in [0.25, 0.3) is 5.69 Å². The van der Waals surface area contributed by atoms with E-state index in [1.165, 1.54) is 0 Å². The highest BCUT2D eigenvalue weighted by molar-refractivity contribution is 6.34. The van der Waals surface area contributed by atoms with Crippen LogP contribution in [0.4, 0.5) is 5.69 Å². The van der Waals surface area contributed by atoms with Gasteiger partial charge in [0.1, 0.15) is 5.82 Å². The Morgan fingerprint density at radius 3 is 2.52 bits per heavy atom. The minimum absolute atomic E-state index is 0.0978. The third-order valence-corrected chi connectivity index (χ3v) is 5.23. The van der Waals surface area contributed by atoms with E-state index in [2.05, 4.69) is 20.7 Å². The van der Waals surface area contributed by atoms with Gasteiger partial charge >= 0.3 is 0 Å². The summed E-state index contributed by atoms with van der Waals surface area (Å²) < 4.78 is 1.74. The van der Waals surface area contributed by atoms with Crippen LogP contribution < -0.4 is 10.6 Å². The first-order chi connectivity index (χ1) is 14.9. The molecule has 1 aliphatic rings. The summed E-state index contributed by atoms with van der Waals surface area (Å²) in [7, 11) is 0. The predicted molar refractivity (Wildman–Crippen MR) is 120 cm³/mol. The van der Waals surface area contributed by atoms with Gasteiger partial charge in [0.15, 0.2) is 0 Å². The van der Waals surface area contributed by atoms with Crippen LogP contribution in [0.3, 0.4) is 0 Å². The molecule has 1 aliphatic carbocycles. The first kappa shape index (κ1) is 21.1. The van der Waals surface area contributed by atoms with Crippen LogP contribution in [0.15, 0.2) is 48.5 Å². The van der Waals surface area contributed by atoms with Crippen LogP contribution in [-0.2, 0) is 0 Å². The van der Waals surface area contributed by atoms with Gasteiger partial charge in [-0.1, -0.05) is 43.6 Å². The van der Waals surface area contributed by atoms with E-state index >= 15 is 0 Å². The number of hydrogen-bond acceptors (Lipinski definition) is 4. The molecule has 0 bridgehead atoms. The van der Waals surface area contributed by atoms with Gasteiger partial charge < -0.3 is 10.6 Å². The monoisotopic (exact) mass is 437 g/mol. The van der Waals surface area contributed by atoms with E-state index in [1.807, 2.05) is 44.2 Å². The smallest absolute Gasteiger partial charge is 0.295 e. The third-order valence-electron chi connectivity index (χ3n) is 4.92. The highest BCUT2D eigenvalue weighted by atomic mass is 35.5. The Kier molecular flexibility index (Phi) is 6.04. The zero-order chi connectivity index (χ0) is 22.0. The van der Waals surface area contributed by atoms with Crippen LogP contribution in [0.5, 0.6) is 0 Å². The largest absolute Gasteiger partial charge is 0.352 e. The van der Waals surface area contributed by atoms with Crippen molar-refractivity contribution < 1.29 is 9.59 Å². The Labute approximate surface area is 185 Å². The topological polar surface area (TPSA) is 88.9 Å². The maximum absolute atomic E-state index is 12.8. The summed E-state index contributed by atoms with van der Waals surface area (Å²) in [4.78, 5) is 29.6. The van der Waals surface area contributed by atoms with Gasteiger partial charge in [-0.15, -0.1) is 5.10 Å². The molecule has 0 atom stereocenters. The number of carbonyl (C=O) groups excluding carboxylic acids is 2. The number of hydrogen-bond donors (Lipinski definition) is 2. The molecule has 1 fully saturated rings. The van der Waals surface area contributed by atoms with E-state index in [4.69, 9.17) is 11.6 Å². The van der Waals surface area contributed by atoms with Crippen molar-refractivity contribution in [3.8, 4) is 5.69 Å². The fourth-order valence-corrected chi connectivity index (χ4v) is 3.41. The number of anilines is 1. The lowest BCUT2D eigenvalue weighted by Crippen LogP contribution is -2.27. The zero-order valence-electron chi connectivity index (χ0n) is 17.4. The van der Waals surface area contributed by atoms with Crippen LogP contribution in [0.1, 0.15) is 59.4 Å². The molecule has 0 aliphatic heterocycles. The van der Waals surface area contributed by atoms with Crippen LogP contribution in [0.2, 0.25) is 5.02 Å². The van der Waals surface area contributed by atoms with Gasteiger partial charge in [-0.3, -0.25) is 9.59 Å². The lowest BCUT2D eigenvalue weighted by molar-refractivity contribution is 0.0948. The van der Waals surface area contributed by atoms with Crippen molar-refractivity contribution in [1.29, 1.82) is 0 Å². The number of amides is 2. The van der Waals surface area contributed by atoms with Gasteiger partial charge in [-0.05, 0) is 49.1 Å². The number of carbonyl (C=O) groups is 2. The molecule has 3 aromatic rings. The molecular formula is C23H24ClN5O2. The average Bonchev–Trinajstić information content (AvgIpc) is 3.50. The number of benzene rings is 2. The van der Waals surface area contributed by atoms with E-state index in [9.17, 15) is 9.59 Å². The maximum atomic E-state index is 12.8. The Bertz CT molecular complexity index is 1110. The number of nitrogens with zero attached hydrogens (tertiary/aromatic N) is 3. The standard InChI is InChI=1S/C23H24ClN5O2/c1-14(2)13-25-22(30)18-11-10-16(12-19(18)24)26-23(31)20-27-21(15-8-9-15)29(28-20)17-6-4-3-5-7-17/h3-7,10-12,14-15H,8-9,13H2,1-2H3,(H,25,30)(H,26,31). The molecule has 2 amide bonds. The van der Waals surface area contributed by atoms with Crippen LogP contribution in [-0.4, -0.2) is 33.1 Å². The fraction of sp³-hybridized carbons (Fsp3) is 0.304. The quantitative estimate of drug-likeness (QED) is 0.572. The first-order valence-electron chi connectivity index (χ1n) is 10.3. The fourth-order valence-electron chi connectivity index (χ4n) is 3.14. The molecule has 0 saturated heterocycles. The molecule has 1 saturated carbocycles. The van der Waals surface area contributed by atoms with Gasteiger partial charge in [0.2, 0.25) is 5.82 Å². The normalized spacial score (nSPS) is 13.3. The minimum atomic E-state index is -0.426. The second-order valence-electron chi connectivity index (χ2n) is 8.07. The van der Waals surface area contributed by atoms with Gasteiger partial charge in [0.25, 0.3) is 11.8 Å². The zero-order valence-corrected chi connectivity index (χ0v) is 18.2. The number of nitrogens with one attached hydrogen (secondary N) is 2. The van der Waals surface area contributed by atoms with Gasteiger partial charge in [-0.25, -0.2) is 9.67 Å². The summed E-state index contributed by atoms with van der Waals surface area (Å²) in [6, 6.07) is 14.4. The van der Waals surface area contributed by atoms with E-state index in [1.54, 1.807) is 22.9 Å². The van der Waals surface area contributed by atoms with Crippen molar-refractivity contribution in [3.05, 3.63) is 70.8 Å². The number of para-hydroxylation sites is 1. The molecule has 4 rings (SSSR count). The number of halogens is 1. The van der Waals surface area contributed by atoms with E-state index in [0.29, 0.717) is 29.6 Å². The lowest BCUT2D eigenvalue weighted by atomic mass is 10.1. The van der Waals surface area contributed by atoms with Crippen molar-refractivity contribution in [2.75, 3.05) is 11.9 Å². The van der Waals surface area contributed by atoms with E-state index in [0.717, 1.165) is 24.4 Å². The van der Waals surface area contributed by atoms with Crippen molar-refractivity contribution in [3.63, 3.8) is 0 Å². The Hall–Kier alpha value is -3.19. The molecule has 31 heavy (non-hydrogen) atoms. The molecule has 0 spiro atoms. The Balaban J connectivity index is 1.51. The van der Waals surface area contributed by atoms with Crippen LogP contribution >= 0.6 is 11.6 Å². The van der Waals surface area contributed by atoms with Crippen molar-refractivity contribution in [1.82, 2.24) is 20.1 Å². The molecular weight excluding hydrogens is 414 g/mol. The van der Waals surface area contributed by atoms with E-state index in [-0.39, 0.29) is 16.8 Å². The molecule has 1 aromatic heterocycles. The van der Waals surface area contributed by atoms with Crippen molar-refractivity contribution >= 4 is 29.1 Å². The predicted octanol–water partition coefficient (Wildman–Crippen LogP) is 4.44. The van der Waals surface area contributed by atoms with Crippen molar-refractivity contribution in [2.24, 2.45) is 5.92 Å².